The summed E-state index contributed by atoms with van der Waals surface area (Å²) in [4.78, 5) is 12.1. The van der Waals surface area contributed by atoms with Gasteiger partial charge in [-0.15, -0.1) is 0 Å². The van der Waals surface area contributed by atoms with Crippen molar-refractivity contribution in [2.75, 3.05) is 11.9 Å². The van der Waals surface area contributed by atoms with E-state index in [1.165, 1.54) is 0 Å². The standard InChI is InChI=1S/C18H12Br3NO2/c19-12-6-7-13-11(9-12)5-8-16(18(13)21)24-10-17(23)22-15-4-2-1-3-14(15)20/h1-9H,10H2,(H,22,23). The molecule has 3 nitrogen and oxygen atoms in total. The lowest BCUT2D eigenvalue weighted by atomic mass is 10.1. The van der Waals surface area contributed by atoms with Crippen molar-refractivity contribution < 1.29 is 9.53 Å². The highest BCUT2D eigenvalue weighted by molar-refractivity contribution is 9.11. The molecule has 1 N–H and O–H groups in total. The number of halogens is 3. The Kier molecular flexibility index (Phi) is 5.58. The van der Waals surface area contributed by atoms with Crippen molar-refractivity contribution >= 4 is 70.2 Å². The third-order valence-corrected chi connectivity index (χ3v) is 5.39. The summed E-state index contributed by atoms with van der Waals surface area (Å²) in [6.07, 6.45) is 0. The maximum atomic E-state index is 12.1. The van der Waals surface area contributed by atoms with Crippen molar-refractivity contribution in [3.8, 4) is 5.75 Å². The van der Waals surface area contributed by atoms with Crippen LogP contribution in [0.15, 0.2) is 68.0 Å². The fraction of sp³-hybridized carbons (Fsp3) is 0.0556. The zero-order valence-electron chi connectivity index (χ0n) is 12.4. The summed E-state index contributed by atoms with van der Waals surface area (Å²) >= 11 is 10.4. The van der Waals surface area contributed by atoms with Crippen LogP contribution in [0.3, 0.4) is 0 Å². The van der Waals surface area contributed by atoms with E-state index in [9.17, 15) is 4.79 Å². The smallest absolute Gasteiger partial charge is 0.262 e. The van der Waals surface area contributed by atoms with Crippen molar-refractivity contribution in [2.24, 2.45) is 0 Å². The fourth-order valence-electron chi connectivity index (χ4n) is 2.25. The second-order valence-corrected chi connectivity index (χ2v) is 7.62. The summed E-state index contributed by atoms with van der Waals surface area (Å²) in [5, 5.41) is 4.93. The van der Waals surface area contributed by atoms with Crippen LogP contribution in [0.2, 0.25) is 0 Å². The number of carbonyl (C=O) groups is 1. The van der Waals surface area contributed by atoms with Gasteiger partial charge >= 0.3 is 0 Å². The first kappa shape index (κ1) is 17.5. The molecule has 0 aliphatic rings. The van der Waals surface area contributed by atoms with Gasteiger partial charge in [0.15, 0.2) is 6.61 Å². The van der Waals surface area contributed by atoms with Crippen LogP contribution in [0.1, 0.15) is 0 Å². The monoisotopic (exact) mass is 511 g/mol. The van der Waals surface area contributed by atoms with Gasteiger partial charge in [-0.3, -0.25) is 4.79 Å². The molecule has 0 unspecified atom stereocenters. The minimum Gasteiger partial charge on any atom is -0.483 e. The van der Waals surface area contributed by atoms with Crippen LogP contribution in [0.4, 0.5) is 5.69 Å². The van der Waals surface area contributed by atoms with E-state index in [0.717, 1.165) is 24.2 Å². The zero-order valence-corrected chi connectivity index (χ0v) is 17.1. The first-order valence-electron chi connectivity index (χ1n) is 7.09. The van der Waals surface area contributed by atoms with Crippen LogP contribution < -0.4 is 10.1 Å². The summed E-state index contributed by atoms with van der Waals surface area (Å²) in [6.45, 7) is -0.0675. The number of carbonyl (C=O) groups excluding carboxylic acids is 1. The van der Waals surface area contributed by atoms with Crippen LogP contribution >= 0.6 is 47.8 Å². The number of fused-ring (bicyclic) bond motifs is 1. The van der Waals surface area contributed by atoms with E-state index in [4.69, 9.17) is 4.74 Å². The summed E-state index contributed by atoms with van der Waals surface area (Å²) in [6, 6.07) is 17.3. The van der Waals surface area contributed by atoms with Gasteiger partial charge in [-0.05, 0) is 73.0 Å². The van der Waals surface area contributed by atoms with E-state index in [-0.39, 0.29) is 12.5 Å². The zero-order chi connectivity index (χ0) is 17.1. The average Bonchev–Trinajstić information content (AvgIpc) is 2.56. The number of benzene rings is 3. The maximum absolute atomic E-state index is 12.1. The second-order valence-electron chi connectivity index (χ2n) is 5.06. The third-order valence-electron chi connectivity index (χ3n) is 3.39. The Morgan fingerprint density at radius 2 is 1.79 bits per heavy atom. The highest BCUT2D eigenvalue weighted by Crippen LogP contribution is 2.34. The molecule has 122 valence electrons. The van der Waals surface area contributed by atoms with Crippen LogP contribution in [0.5, 0.6) is 5.75 Å². The van der Waals surface area contributed by atoms with Crippen LogP contribution in [0.25, 0.3) is 10.8 Å². The molecule has 0 aliphatic heterocycles. The molecule has 6 heteroatoms. The predicted octanol–water partition coefficient (Wildman–Crippen LogP) is 6.14. The molecule has 0 saturated carbocycles. The molecule has 0 fully saturated rings. The van der Waals surface area contributed by atoms with Gasteiger partial charge in [0.25, 0.3) is 5.91 Å². The van der Waals surface area contributed by atoms with E-state index in [1.807, 2.05) is 54.6 Å². The van der Waals surface area contributed by atoms with Crippen molar-refractivity contribution in [3.05, 3.63) is 68.0 Å². The lowest BCUT2D eigenvalue weighted by Crippen LogP contribution is -2.20. The molecule has 3 aromatic carbocycles. The van der Waals surface area contributed by atoms with Crippen LogP contribution in [0, 0.1) is 0 Å². The first-order valence-corrected chi connectivity index (χ1v) is 9.47. The molecule has 0 spiro atoms. The Hall–Kier alpha value is -1.37. The highest BCUT2D eigenvalue weighted by atomic mass is 79.9. The summed E-state index contributed by atoms with van der Waals surface area (Å²) in [5.41, 5.74) is 0.716. The molecule has 0 aliphatic carbocycles. The molecule has 0 radical (unpaired) electrons. The van der Waals surface area contributed by atoms with E-state index in [1.54, 1.807) is 0 Å². The normalized spacial score (nSPS) is 10.6. The molecule has 3 aromatic rings. The molecule has 3 rings (SSSR count). The number of amides is 1. The average molecular weight is 514 g/mol. The van der Waals surface area contributed by atoms with Gasteiger partial charge in [-0.1, -0.05) is 40.2 Å². The Labute approximate surface area is 164 Å². The predicted molar refractivity (Wildman–Crippen MR) is 108 cm³/mol. The number of hydrogen-bond donors (Lipinski definition) is 1. The maximum Gasteiger partial charge on any atom is 0.262 e. The van der Waals surface area contributed by atoms with Crippen LogP contribution in [-0.2, 0) is 4.79 Å². The molecule has 24 heavy (non-hydrogen) atoms. The SMILES string of the molecule is O=C(COc1ccc2cc(Br)ccc2c1Br)Nc1ccccc1Br. The lowest BCUT2D eigenvalue weighted by molar-refractivity contribution is -0.118. The number of ether oxygens (including phenoxy) is 1. The molecule has 0 heterocycles. The minimum atomic E-state index is -0.218. The Morgan fingerprint density at radius 3 is 2.58 bits per heavy atom. The molecule has 0 atom stereocenters. The van der Waals surface area contributed by atoms with E-state index < -0.39 is 0 Å². The molecule has 0 saturated heterocycles. The molecular weight excluding hydrogens is 502 g/mol. The van der Waals surface area contributed by atoms with Gasteiger partial charge < -0.3 is 10.1 Å². The second kappa shape index (κ2) is 7.68. The van der Waals surface area contributed by atoms with Crippen molar-refractivity contribution in [1.29, 1.82) is 0 Å². The summed E-state index contributed by atoms with van der Waals surface area (Å²) < 4.78 is 8.34. The molecule has 1 amide bonds. The minimum absolute atomic E-state index is 0.0675. The number of hydrogen-bond acceptors (Lipinski definition) is 2. The Bertz CT molecular complexity index is 912. The van der Waals surface area contributed by atoms with Gasteiger partial charge in [-0.2, -0.15) is 0 Å². The number of anilines is 1. The molecule has 0 aromatic heterocycles. The largest absolute Gasteiger partial charge is 0.483 e. The van der Waals surface area contributed by atoms with Crippen molar-refractivity contribution in [2.45, 2.75) is 0 Å². The van der Waals surface area contributed by atoms with Gasteiger partial charge in [0.1, 0.15) is 5.75 Å². The van der Waals surface area contributed by atoms with Crippen molar-refractivity contribution in [1.82, 2.24) is 0 Å². The molecule has 0 bridgehead atoms. The summed E-state index contributed by atoms with van der Waals surface area (Å²) in [5.74, 6) is 0.414. The summed E-state index contributed by atoms with van der Waals surface area (Å²) in [7, 11) is 0. The molecular formula is C18H12Br3NO2. The third kappa shape index (κ3) is 3.99. The number of nitrogens with one attached hydrogen (secondary N) is 1. The van der Waals surface area contributed by atoms with Gasteiger partial charge in [0, 0.05) is 8.95 Å². The quantitative estimate of drug-likeness (QED) is 0.455. The highest BCUT2D eigenvalue weighted by Gasteiger charge is 2.10. The fourth-order valence-corrected chi connectivity index (χ4v) is 3.62. The number of para-hydroxylation sites is 1. The van der Waals surface area contributed by atoms with E-state index >= 15 is 0 Å². The van der Waals surface area contributed by atoms with Gasteiger partial charge in [-0.25, -0.2) is 0 Å². The lowest BCUT2D eigenvalue weighted by Gasteiger charge is -2.11. The Morgan fingerprint density at radius 1 is 1.00 bits per heavy atom. The Balaban J connectivity index is 1.71. The van der Waals surface area contributed by atoms with Crippen LogP contribution in [-0.4, -0.2) is 12.5 Å². The number of rotatable bonds is 4. The van der Waals surface area contributed by atoms with Crippen molar-refractivity contribution in [3.63, 3.8) is 0 Å². The van der Waals surface area contributed by atoms with E-state index in [0.29, 0.717) is 11.4 Å². The van der Waals surface area contributed by atoms with Gasteiger partial charge in [0.2, 0.25) is 0 Å². The topological polar surface area (TPSA) is 38.3 Å². The van der Waals surface area contributed by atoms with Gasteiger partial charge in [0.05, 0.1) is 10.2 Å². The first-order chi connectivity index (χ1) is 11.5. The van der Waals surface area contributed by atoms with E-state index in [2.05, 4.69) is 53.1 Å².